The van der Waals surface area contributed by atoms with Crippen molar-refractivity contribution in [3.05, 3.63) is 57.8 Å². The van der Waals surface area contributed by atoms with Gasteiger partial charge in [-0.1, -0.05) is 42.3 Å². The molecule has 2 unspecified atom stereocenters. The van der Waals surface area contributed by atoms with Crippen LogP contribution in [0.15, 0.2) is 36.7 Å². The SMILES string of the molecule is CC(c1ccc(NC(=O)c2c(Cl)cncc2Cl)cc1)C(N)C(=O)O. The van der Waals surface area contributed by atoms with Gasteiger partial charge in [-0.3, -0.25) is 14.6 Å². The van der Waals surface area contributed by atoms with Crippen molar-refractivity contribution in [2.24, 2.45) is 5.73 Å². The Kier molecular flexibility index (Phi) is 5.77. The number of halogens is 2. The minimum Gasteiger partial charge on any atom is -0.480 e. The fraction of sp³-hybridized carbons (Fsp3) is 0.188. The molecule has 126 valence electrons. The molecule has 0 bridgehead atoms. The van der Waals surface area contributed by atoms with Gasteiger partial charge in [-0.05, 0) is 17.7 Å². The van der Waals surface area contributed by atoms with Crippen LogP contribution >= 0.6 is 23.2 Å². The van der Waals surface area contributed by atoms with Gasteiger partial charge in [-0.2, -0.15) is 0 Å². The van der Waals surface area contributed by atoms with Gasteiger partial charge in [-0.15, -0.1) is 0 Å². The Bertz CT molecular complexity index is 745. The van der Waals surface area contributed by atoms with Crippen LogP contribution in [0, 0.1) is 0 Å². The quantitative estimate of drug-likeness (QED) is 0.752. The van der Waals surface area contributed by atoms with Crippen LogP contribution in [0.2, 0.25) is 10.0 Å². The van der Waals surface area contributed by atoms with E-state index in [0.717, 1.165) is 5.56 Å². The first kappa shape index (κ1) is 18.2. The maximum atomic E-state index is 12.3. The van der Waals surface area contributed by atoms with E-state index in [1.807, 2.05) is 0 Å². The summed E-state index contributed by atoms with van der Waals surface area (Å²) in [7, 11) is 0. The summed E-state index contributed by atoms with van der Waals surface area (Å²) in [6.45, 7) is 1.73. The second-order valence-electron chi connectivity index (χ2n) is 5.21. The molecule has 0 fully saturated rings. The van der Waals surface area contributed by atoms with E-state index in [-0.39, 0.29) is 21.5 Å². The molecule has 8 heteroatoms. The molecule has 0 aliphatic rings. The molecule has 0 radical (unpaired) electrons. The van der Waals surface area contributed by atoms with Crippen LogP contribution in [0.25, 0.3) is 0 Å². The largest absolute Gasteiger partial charge is 0.480 e. The van der Waals surface area contributed by atoms with Crippen LogP contribution < -0.4 is 11.1 Å². The number of carboxylic acids is 1. The Morgan fingerprint density at radius 2 is 1.71 bits per heavy atom. The van der Waals surface area contributed by atoms with E-state index in [4.69, 9.17) is 34.0 Å². The number of hydrogen-bond donors (Lipinski definition) is 3. The highest BCUT2D eigenvalue weighted by atomic mass is 35.5. The number of nitrogens with zero attached hydrogens (tertiary/aromatic N) is 1. The summed E-state index contributed by atoms with van der Waals surface area (Å²) in [4.78, 5) is 27.0. The molecule has 0 saturated carbocycles. The normalized spacial score (nSPS) is 13.2. The van der Waals surface area contributed by atoms with Gasteiger partial charge in [0.2, 0.25) is 0 Å². The van der Waals surface area contributed by atoms with E-state index < -0.39 is 17.9 Å². The van der Waals surface area contributed by atoms with Crippen molar-refractivity contribution < 1.29 is 14.7 Å². The topological polar surface area (TPSA) is 105 Å². The van der Waals surface area contributed by atoms with Crippen molar-refractivity contribution in [1.82, 2.24) is 4.98 Å². The van der Waals surface area contributed by atoms with Gasteiger partial charge in [0.05, 0.1) is 15.6 Å². The molecule has 1 aromatic heterocycles. The van der Waals surface area contributed by atoms with Gasteiger partial charge in [0.15, 0.2) is 0 Å². The van der Waals surface area contributed by atoms with E-state index in [9.17, 15) is 9.59 Å². The second kappa shape index (κ2) is 7.61. The molecule has 2 rings (SSSR count). The van der Waals surface area contributed by atoms with Crippen molar-refractivity contribution >= 4 is 40.8 Å². The zero-order valence-corrected chi connectivity index (χ0v) is 14.2. The molecule has 0 saturated heterocycles. The smallest absolute Gasteiger partial charge is 0.321 e. The summed E-state index contributed by atoms with van der Waals surface area (Å²) in [6, 6.07) is 5.72. The zero-order chi connectivity index (χ0) is 17.9. The van der Waals surface area contributed by atoms with E-state index in [2.05, 4.69) is 10.3 Å². The molecule has 24 heavy (non-hydrogen) atoms. The van der Waals surface area contributed by atoms with E-state index in [1.54, 1.807) is 31.2 Å². The number of carbonyl (C=O) groups is 2. The lowest BCUT2D eigenvalue weighted by molar-refractivity contribution is -0.139. The summed E-state index contributed by atoms with van der Waals surface area (Å²) in [5.74, 6) is -1.89. The number of aromatic nitrogens is 1. The highest BCUT2D eigenvalue weighted by Gasteiger charge is 2.21. The van der Waals surface area contributed by atoms with Gasteiger partial charge < -0.3 is 16.2 Å². The summed E-state index contributed by atoms with van der Waals surface area (Å²) >= 11 is 11.9. The van der Waals surface area contributed by atoms with E-state index >= 15 is 0 Å². The molecule has 2 aromatic rings. The third-order valence-corrected chi connectivity index (χ3v) is 4.17. The predicted octanol–water partition coefficient (Wildman–Crippen LogP) is 3.16. The number of aliphatic carboxylic acids is 1. The number of hydrogen-bond acceptors (Lipinski definition) is 4. The van der Waals surface area contributed by atoms with Gasteiger partial charge in [0, 0.05) is 24.0 Å². The van der Waals surface area contributed by atoms with Gasteiger partial charge in [0.1, 0.15) is 6.04 Å². The molecule has 4 N–H and O–H groups in total. The highest BCUT2D eigenvalue weighted by molar-refractivity contribution is 6.40. The summed E-state index contributed by atoms with van der Waals surface area (Å²) < 4.78 is 0. The Labute approximate surface area is 148 Å². The van der Waals surface area contributed by atoms with Crippen LogP contribution in [0.4, 0.5) is 5.69 Å². The summed E-state index contributed by atoms with van der Waals surface area (Å²) in [5, 5.41) is 11.9. The fourth-order valence-corrected chi connectivity index (χ4v) is 2.65. The first-order chi connectivity index (χ1) is 11.3. The maximum absolute atomic E-state index is 12.3. The first-order valence-corrected chi connectivity index (χ1v) is 7.75. The standard InChI is InChI=1S/C16H15Cl2N3O3/c1-8(14(19)16(23)24)9-2-4-10(5-3-9)21-15(22)13-11(17)6-20-7-12(13)18/h2-8,14H,19H2,1H3,(H,21,22)(H,23,24). The van der Waals surface area contributed by atoms with Crippen LogP contribution in [0.1, 0.15) is 28.8 Å². The average molecular weight is 368 g/mol. The lowest BCUT2D eigenvalue weighted by Gasteiger charge is -2.16. The van der Waals surface area contributed by atoms with Crippen molar-refractivity contribution in [2.75, 3.05) is 5.32 Å². The van der Waals surface area contributed by atoms with Crippen LogP contribution in [-0.2, 0) is 4.79 Å². The van der Waals surface area contributed by atoms with Crippen molar-refractivity contribution in [2.45, 2.75) is 18.9 Å². The molecule has 6 nitrogen and oxygen atoms in total. The molecule has 2 atom stereocenters. The van der Waals surface area contributed by atoms with Gasteiger partial charge >= 0.3 is 5.97 Å². The second-order valence-corrected chi connectivity index (χ2v) is 6.02. The Hall–Kier alpha value is -2.15. The monoisotopic (exact) mass is 367 g/mol. The predicted molar refractivity (Wildman–Crippen MR) is 92.7 cm³/mol. The number of rotatable bonds is 5. The van der Waals surface area contributed by atoms with Crippen LogP contribution in [-0.4, -0.2) is 28.0 Å². The number of pyridine rings is 1. The molecule has 1 amide bonds. The molecule has 0 aliphatic carbocycles. The highest BCUT2D eigenvalue weighted by Crippen LogP contribution is 2.25. The minimum absolute atomic E-state index is 0.138. The number of carbonyl (C=O) groups excluding carboxylic acids is 1. The number of benzene rings is 1. The molecular weight excluding hydrogens is 353 g/mol. The first-order valence-electron chi connectivity index (χ1n) is 7.00. The molecular formula is C16H15Cl2N3O3. The third-order valence-electron chi connectivity index (χ3n) is 3.60. The number of amides is 1. The number of nitrogens with two attached hydrogens (primary N) is 1. The Morgan fingerprint density at radius 1 is 1.17 bits per heavy atom. The minimum atomic E-state index is -1.07. The molecule has 0 aliphatic heterocycles. The van der Waals surface area contributed by atoms with Gasteiger partial charge in [0.25, 0.3) is 5.91 Å². The number of anilines is 1. The third kappa shape index (κ3) is 4.03. The summed E-state index contributed by atoms with van der Waals surface area (Å²) in [6.07, 6.45) is 2.67. The Balaban J connectivity index is 2.15. The van der Waals surface area contributed by atoms with E-state index in [1.165, 1.54) is 12.4 Å². The Morgan fingerprint density at radius 3 is 2.21 bits per heavy atom. The fourth-order valence-electron chi connectivity index (χ4n) is 2.11. The van der Waals surface area contributed by atoms with Crippen LogP contribution in [0.3, 0.4) is 0 Å². The maximum Gasteiger partial charge on any atom is 0.321 e. The summed E-state index contributed by atoms with van der Waals surface area (Å²) in [5.41, 5.74) is 7.02. The number of carboxylic acid groups (broad SMARTS) is 1. The van der Waals surface area contributed by atoms with Crippen LogP contribution in [0.5, 0.6) is 0 Å². The molecule has 0 spiro atoms. The average Bonchev–Trinajstić information content (AvgIpc) is 2.54. The van der Waals surface area contributed by atoms with Crippen molar-refractivity contribution in [1.29, 1.82) is 0 Å². The number of nitrogens with one attached hydrogen (secondary N) is 1. The van der Waals surface area contributed by atoms with Gasteiger partial charge in [-0.25, -0.2) is 0 Å². The molecule has 1 aromatic carbocycles. The lowest BCUT2D eigenvalue weighted by atomic mass is 9.94. The molecule has 1 heterocycles. The van der Waals surface area contributed by atoms with E-state index in [0.29, 0.717) is 5.69 Å². The van der Waals surface area contributed by atoms with Crippen molar-refractivity contribution in [3.8, 4) is 0 Å². The lowest BCUT2D eigenvalue weighted by Crippen LogP contribution is -2.35. The van der Waals surface area contributed by atoms with Crippen molar-refractivity contribution in [3.63, 3.8) is 0 Å². The zero-order valence-electron chi connectivity index (χ0n) is 12.7.